The van der Waals surface area contributed by atoms with Crippen molar-refractivity contribution < 1.29 is 0 Å². The number of hydrogen-bond acceptors (Lipinski definition) is 2. The number of nitrogens with one attached hydrogen (secondary N) is 2. The number of halogens is 1. The predicted octanol–water partition coefficient (Wildman–Crippen LogP) is 2.00. The Morgan fingerprint density at radius 2 is 1.80 bits per heavy atom. The normalized spacial score (nSPS) is 11.8. The average Bonchev–Trinajstić information content (AvgIpc) is 2.43. The van der Waals surface area contributed by atoms with Gasteiger partial charge in [-0.25, -0.2) is 0 Å². The molecule has 1 aromatic carbocycles. The van der Waals surface area contributed by atoms with Crippen molar-refractivity contribution in [3.63, 3.8) is 0 Å². The molecule has 0 aliphatic heterocycles. The molecule has 0 amide bonds. The van der Waals surface area contributed by atoms with E-state index in [1.807, 2.05) is 12.1 Å². The molecule has 112 valence electrons. The summed E-state index contributed by atoms with van der Waals surface area (Å²) >= 11 is 5.86. The zero-order valence-electron chi connectivity index (χ0n) is 12.6. The van der Waals surface area contributed by atoms with Gasteiger partial charge in [-0.2, -0.15) is 0 Å². The third kappa shape index (κ3) is 7.36. The molecule has 0 heterocycles. The van der Waals surface area contributed by atoms with Crippen LogP contribution in [0.5, 0.6) is 0 Å². The van der Waals surface area contributed by atoms with Gasteiger partial charge in [-0.05, 0) is 51.2 Å². The van der Waals surface area contributed by atoms with Crippen LogP contribution >= 0.6 is 11.6 Å². The summed E-state index contributed by atoms with van der Waals surface area (Å²) in [5.74, 6) is 0.859. The van der Waals surface area contributed by atoms with Crippen LogP contribution in [0, 0.1) is 0 Å². The van der Waals surface area contributed by atoms with Crippen molar-refractivity contribution in [2.24, 2.45) is 4.99 Å². The molecule has 1 aromatic rings. The SMILES string of the molecule is CN=C(NCCCN(C)C)NCCc1ccc(Cl)cc1. The molecule has 0 radical (unpaired) electrons. The highest BCUT2D eigenvalue weighted by Gasteiger charge is 1.98. The quantitative estimate of drug-likeness (QED) is 0.459. The van der Waals surface area contributed by atoms with Gasteiger partial charge in [0.15, 0.2) is 5.96 Å². The van der Waals surface area contributed by atoms with Crippen LogP contribution in [0.15, 0.2) is 29.3 Å². The van der Waals surface area contributed by atoms with E-state index in [2.05, 4.69) is 46.8 Å². The minimum absolute atomic E-state index is 0.778. The van der Waals surface area contributed by atoms with Gasteiger partial charge in [0.1, 0.15) is 0 Å². The Hall–Kier alpha value is -1.26. The van der Waals surface area contributed by atoms with Gasteiger partial charge in [0.05, 0.1) is 0 Å². The lowest BCUT2D eigenvalue weighted by Gasteiger charge is -2.13. The molecule has 0 unspecified atom stereocenters. The summed E-state index contributed by atoms with van der Waals surface area (Å²) in [6, 6.07) is 7.95. The lowest BCUT2D eigenvalue weighted by Crippen LogP contribution is -2.39. The van der Waals surface area contributed by atoms with Crippen molar-refractivity contribution in [1.82, 2.24) is 15.5 Å². The molecule has 0 saturated carbocycles. The number of nitrogens with zero attached hydrogens (tertiary/aromatic N) is 2. The van der Waals surface area contributed by atoms with Crippen LogP contribution in [0.2, 0.25) is 5.02 Å². The highest BCUT2D eigenvalue weighted by atomic mass is 35.5. The fourth-order valence-corrected chi connectivity index (χ4v) is 1.92. The number of guanidine groups is 1. The van der Waals surface area contributed by atoms with Crippen molar-refractivity contribution in [2.75, 3.05) is 40.8 Å². The summed E-state index contributed by atoms with van der Waals surface area (Å²) in [4.78, 5) is 6.39. The topological polar surface area (TPSA) is 39.7 Å². The fourth-order valence-electron chi connectivity index (χ4n) is 1.80. The monoisotopic (exact) mass is 296 g/mol. The second-order valence-corrected chi connectivity index (χ2v) is 5.40. The number of rotatable bonds is 7. The second-order valence-electron chi connectivity index (χ2n) is 4.96. The number of aliphatic imine (C=N–C) groups is 1. The lowest BCUT2D eigenvalue weighted by molar-refractivity contribution is 0.399. The Balaban J connectivity index is 2.19. The van der Waals surface area contributed by atoms with E-state index < -0.39 is 0 Å². The first-order valence-corrected chi connectivity index (χ1v) is 7.33. The van der Waals surface area contributed by atoms with Gasteiger partial charge in [0.25, 0.3) is 0 Å². The second kappa shape index (κ2) is 9.61. The molecule has 20 heavy (non-hydrogen) atoms. The van der Waals surface area contributed by atoms with Gasteiger partial charge in [-0.15, -0.1) is 0 Å². The lowest BCUT2D eigenvalue weighted by atomic mass is 10.1. The first-order chi connectivity index (χ1) is 9.61. The van der Waals surface area contributed by atoms with Crippen LogP contribution in [0.25, 0.3) is 0 Å². The summed E-state index contributed by atoms with van der Waals surface area (Å²) in [5.41, 5.74) is 1.27. The van der Waals surface area contributed by atoms with Crippen LogP contribution in [-0.4, -0.2) is 51.6 Å². The van der Waals surface area contributed by atoms with Gasteiger partial charge in [0.2, 0.25) is 0 Å². The minimum atomic E-state index is 0.778. The molecule has 0 atom stereocenters. The molecule has 0 spiro atoms. The molecule has 1 rings (SSSR count). The zero-order chi connectivity index (χ0) is 14.8. The molecule has 2 N–H and O–H groups in total. The third-order valence-electron chi connectivity index (χ3n) is 2.92. The van der Waals surface area contributed by atoms with Gasteiger partial charge in [0, 0.05) is 25.2 Å². The molecule has 4 nitrogen and oxygen atoms in total. The molecular formula is C15H25ClN4. The first kappa shape index (κ1) is 16.8. The Morgan fingerprint density at radius 1 is 1.15 bits per heavy atom. The Kier molecular flexibility index (Phi) is 8.07. The molecule has 0 saturated heterocycles. The van der Waals surface area contributed by atoms with E-state index in [0.29, 0.717) is 0 Å². The highest BCUT2D eigenvalue weighted by molar-refractivity contribution is 6.30. The van der Waals surface area contributed by atoms with Gasteiger partial charge >= 0.3 is 0 Å². The van der Waals surface area contributed by atoms with Gasteiger partial charge in [-0.3, -0.25) is 4.99 Å². The third-order valence-corrected chi connectivity index (χ3v) is 3.17. The Morgan fingerprint density at radius 3 is 2.40 bits per heavy atom. The van der Waals surface area contributed by atoms with Crippen LogP contribution in [0.1, 0.15) is 12.0 Å². The smallest absolute Gasteiger partial charge is 0.190 e. The Labute approximate surface area is 127 Å². The van der Waals surface area contributed by atoms with Crippen LogP contribution in [0.4, 0.5) is 0 Å². The molecule has 0 aliphatic carbocycles. The van der Waals surface area contributed by atoms with Crippen molar-refractivity contribution in [3.05, 3.63) is 34.9 Å². The molecular weight excluding hydrogens is 272 g/mol. The van der Waals surface area contributed by atoms with E-state index in [1.54, 1.807) is 7.05 Å². The molecule has 0 bridgehead atoms. The van der Waals surface area contributed by atoms with Crippen LogP contribution < -0.4 is 10.6 Å². The summed E-state index contributed by atoms with van der Waals surface area (Å²) in [6.45, 7) is 2.86. The highest BCUT2D eigenvalue weighted by Crippen LogP contribution is 2.09. The maximum absolute atomic E-state index is 5.86. The molecule has 0 aromatic heterocycles. The van der Waals surface area contributed by atoms with E-state index >= 15 is 0 Å². The summed E-state index contributed by atoms with van der Waals surface area (Å²) in [6.07, 6.45) is 2.06. The standard InChI is InChI=1S/C15H25ClN4/c1-17-15(18-10-4-12-20(2)3)19-11-9-13-5-7-14(16)8-6-13/h5-8H,4,9-12H2,1-3H3,(H2,17,18,19). The van der Waals surface area contributed by atoms with E-state index in [1.165, 1.54) is 5.56 Å². The summed E-state index contributed by atoms with van der Waals surface area (Å²) < 4.78 is 0. The molecule has 5 heteroatoms. The number of benzene rings is 1. The predicted molar refractivity (Wildman–Crippen MR) is 87.7 cm³/mol. The molecule has 0 fully saturated rings. The summed E-state index contributed by atoms with van der Waals surface area (Å²) in [7, 11) is 5.96. The van der Waals surface area contributed by atoms with E-state index in [0.717, 1.165) is 43.5 Å². The van der Waals surface area contributed by atoms with Crippen molar-refractivity contribution >= 4 is 17.6 Å². The zero-order valence-corrected chi connectivity index (χ0v) is 13.4. The van der Waals surface area contributed by atoms with Crippen LogP contribution in [0.3, 0.4) is 0 Å². The maximum Gasteiger partial charge on any atom is 0.190 e. The first-order valence-electron chi connectivity index (χ1n) is 6.95. The average molecular weight is 297 g/mol. The molecule has 0 aliphatic rings. The van der Waals surface area contributed by atoms with Crippen molar-refractivity contribution in [2.45, 2.75) is 12.8 Å². The maximum atomic E-state index is 5.86. The van der Waals surface area contributed by atoms with E-state index in [-0.39, 0.29) is 0 Å². The largest absolute Gasteiger partial charge is 0.356 e. The summed E-state index contributed by atoms with van der Waals surface area (Å²) in [5, 5.41) is 7.40. The number of hydrogen-bond donors (Lipinski definition) is 2. The van der Waals surface area contributed by atoms with Crippen molar-refractivity contribution in [3.8, 4) is 0 Å². The minimum Gasteiger partial charge on any atom is -0.356 e. The van der Waals surface area contributed by atoms with Crippen LogP contribution in [-0.2, 0) is 6.42 Å². The fraction of sp³-hybridized carbons (Fsp3) is 0.533. The van der Waals surface area contributed by atoms with E-state index in [4.69, 9.17) is 11.6 Å². The Bertz CT molecular complexity index is 401. The van der Waals surface area contributed by atoms with Crippen molar-refractivity contribution in [1.29, 1.82) is 0 Å². The van der Waals surface area contributed by atoms with Gasteiger partial charge < -0.3 is 15.5 Å². The van der Waals surface area contributed by atoms with Gasteiger partial charge in [-0.1, -0.05) is 23.7 Å². The van der Waals surface area contributed by atoms with E-state index in [9.17, 15) is 0 Å².